The summed E-state index contributed by atoms with van der Waals surface area (Å²) in [7, 11) is 2.13. The standard InChI is InChI=1S/C19H24N3/c1-13-14(2)22(15(3)21(13)6)19(4,5)17-9-10-18-16(12-17)8-7-11-20-18/h7-12H,1-6H3/q+1. The minimum Gasteiger partial charge on any atom is -0.256 e. The highest BCUT2D eigenvalue weighted by atomic mass is 15.2. The molecule has 3 heteroatoms. The van der Waals surface area contributed by atoms with Crippen LogP contribution in [-0.4, -0.2) is 9.55 Å². The first-order chi connectivity index (χ1) is 10.3. The number of fused-ring (bicyclic) bond motifs is 1. The van der Waals surface area contributed by atoms with Crippen LogP contribution in [0.2, 0.25) is 0 Å². The predicted octanol–water partition coefficient (Wildman–Crippen LogP) is 3.57. The summed E-state index contributed by atoms with van der Waals surface area (Å²) in [5.74, 6) is 1.27. The van der Waals surface area contributed by atoms with Gasteiger partial charge in [-0.05, 0) is 37.6 Å². The molecule has 0 saturated carbocycles. The molecule has 1 aromatic carbocycles. The molecule has 0 spiro atoms. The molecule has 0 atom stereocenters. The van der Waals surface area contributed by atoms with Crippen LogP contribution in [0.3, 0.4) is 0 Å². The Hall–Kier alpha value is -2.16. The first-order valence-corrected chi connectivity index (χ1v) is 7.74. The van der Waals surface area contributed by atoms with Gasteiger partial charge in [0.15, 0.2) is 0 Å². The maximum Gasteiger partial charge on any atom is 0.254 e. The first kappa shape index (κ1) is 14.8. The Morgan fingerprint density at radius 3 is 2.45 bits per heavy atom. The van der Waals surface area contributed by atoms with Gasteiger partial charge in [-0.2, -0.15) is 0 Å². The molecule has 0 radical (unpaired) electrons. The quantitative estimate of drug-likeness (QED) is 0.662. The highest BCUT2D eigenvalue weighted by molar-refractivity contribution is 5.79. The Morgan fingerprint density at radius 1 is 1.09 bits per heavy atom. The van der Waals surface area contributed by atoms with Crippen molar-refractivity contribution in [2.75, 3.05) is 0 Å². The van der Waals surface area contributed by atoms with Gasteiger partial charge in [0.1, 0.15) is 16.9 Å². The van der Waals surface area contributed by atoms with Crippen molar-refractivity contribution in [3.63, 3.8) is 0 Å². The number of nitrogens with zero attached hydrogens (tertiary/aromatic N) is 3. The van der Waals surface area contributed by atoms with Gasteiger partial charge in [0.25, 0.3) is 5.82 Å². The lowest BCUT2D eigenvalue weighted by molar-refractivity contribution is -0.683. The van der Waals surface area contributed by atoms with E-state index in [2.05, 4.69) is 80.1 Å². The van der Waals surface area contributed by atoms with Crippen molar-refractivity contribution < 1.29 is 4.57 Å². The highest BCUT2D eigenvalue weighted by Crippen LogP contribution is 2.30. The van der Waals surface area contributed by atoms with E-state index >= 15 is 0 Å². The number of hydrogen-bond acceptors (Lipinski definition) is 1. The smallest absolute Gasteiger partial charge is 0.254 e. The van der Waals surface area contributed by atoms with Crippen LogP contribution in [0.25, 0.3) is 10.9 Å². The van der Waals surface area contributed by atoms with Crippen LogP contribution in [-0.2, 0) is 12.6 Å². The largest absolute Gasteiger partial charge is 0.256 e. The van der Waals surface area contributed by atoms with Crippen molar-refractivity contribution >= 4 is 10.9 Å². The number of aromatic nitrogens is 3. The molecule has 114 valence electrons. The Kier molecular flexibility index (Phi) is 3.32. The lowest BCUT2D eigenvalue weighted by Gasteiger charge is -2.25. The molecule has 0 fully saturated rings. The Morgan fingerprint density at radius 2 is 1.82 bits per heavy atom. The molecule has 2 heterocycles. The van der Waals surface area contributed by atoms with E-state index in [4.69, 9.17) is 0 Å². The maximum atomic E-state index is 4.42. The Balaban J connectivity index is 2.22. The van der Waals surface area contributed by atoms with Gasteiger partial charge >= 0.3 is 0 Å². The van der Waals surface area contributed by atoms with Gasteiger partial charge in [-0.3, -0.25) is 4.98 Å². The molecule has 0 unspecified atom stereocenters. The van der Waals surface area contributed by atoms with Crippen molar-refractivity contribution in [3.05, 3.63) is 59.3 Å². The lowest BCUT2D eigenvalue weighted by Crippen LogP contribution is -2.36. The fourth-order valence-corrected chi connectivity index (χ4v) is 3.45. The van der Waals surface area contributed by atoms with Crippen LogP contribution in [0, 0.1) is 20.8 Å². The third-order valence-electron chi connectivity index (χ3n) is 5.04. The minimum absolute atomic E-state index is 0.107. The summed E-state index contributed by atoms with van der Waals surface area (Å²) in [5.41, 5.74) is 4.87. The van der Waals surface area contributed by atoms with E-state index in [1.807, 2.05) is 12.3 Å². The third kappa shape index (κ3) is 2.04. The number of imidazole rings is 1. The summed E-state index contributed by atoms with van der Waals surface area (Å²) in [4.78, 5) is 4.42. The third-order valence-corrected chi connectivity index (χ3v) is 5.04. The molecule has 3 nitrogen and oxygen atoms in total. The molecule has 0 aliphatic heterocycles. The second-order valence-corrected chi connectivity index (χ2v) is 6.58. The molecule has 0 bridgehead atoms. The van der Waals surface area contributed by atoms with E-state index in [-0.39, 0.29) is 5.54 Å². The fourth-order valence-electron chi connectivity index (χ4n) is 3.45. The van der Waals surface area contributed by atoms with Gasteiger partial charge in [0.05, 0.1) is 12.6 Å². The molecule has 0 aliphatic carbocycles. The van der Waals surface area contributed by atoms with Crippen molar-refractivity contribution in [1.29, 1.82) is 0 Å². The van der Waals surface area contributed by atoms with Crippen molar-refractivity contribution in [3.8, 4) is 0 Å². The average molecular weight is 294 g/mol. The zero-order valence-corrected chi connectivity index (χ0v) is 14.3. The van der Waals surface area contributed by atoms with E-state index in [0.717, 1.165) is 5.52 Å². The summed E-state index contributed by atoms with van der Waals surface area (Å²) in [6, 6.07) is 10.7. The van der Waals surface area contributed by atoms with Crippen LogP contribution >= 0.6 is 0 Å². The average Bonchev–Trinajstić information content (AvgIpc) is 2.70. The molecule has 0 N–H and O–H groups in total. The molecule has 3 aromatic rings. The van der Waals surface area contributed by atoms with Crippen LogP contribution in [0.5, 0.6) is 0 Å². The van der Waals surface area contributed by atoms with Crippen LogP contribution in [0.1, 0.15) is 36.6 Å². The Bertz CT molecular complexity index is 831. The zero-order valence-electron chi connectivity index (χ0n) is 14.3. The SMILES string of the molecule is Cc1c(C)[n+](C)c(C)n1C(C)(C)c1ccc2ncccc2c1. The maximum absolute atomic E-state index is 4.42. The normalized spacial score (nSPS) is 12.1. The summed E-state index contributed by atoms with van der Waals surface area (Å²) >= 11 is 0. The summed E-state index contributed by atoms with van der Waals surface area (Å²) in [6.07, 6.45) is 1.84. The fraction of sp³-hybridized carbons (Fsp3) is 0.368. The second kappa shape index (κ2) is 4.94. The number of benzene rings is 1. The molecular formula is C19H24N3+. The molecule has 0 aliphatic rings. The van der Waals surface area contributed by atoms with E-state index in [0.29, 0.717) is 0 Å². The monoisotopic (exact) mass is 294 g/mol. The van der Waals surface area contributed by atoms with Gasteiger partial charge in [-0.25, -0.2) is 9.13 Å². The minimum atomic E-state index is -0.107. The number of rotatable bonds is 2. The molecule has 0 amide bonds. The molecule has 2 aromatic heterocycles. The van der Waals surface area contributed by atoms with Gasteiger partial charge < -0.3 is 0 Å². The molecule has 0 saturated heterocycles. The summed E-state index contributed by atoms with van der Waals surface area (Å²) in [6.45, 7) is 11.1. The van der Waals surface area contributed by atoms with Crippen molar-refractivity contribution in [2.24, 2.45) is 7.05 Å². The van der Waals surface area contributed by atoms with Gasteiger partial charge in [-0.1, -0.05) is 12.1 Å². The van der Waals surface area contributed by atoms with E-state index in [9.17, 15) is 0 Å². The van der Waals surface area contributed by atoms with Gasteiger partial charge in [0.2, 0.25) is 0 Å². The predicted molar refractivity (Wildman–Crippen MR) is 90.0 cm³/mol. The summed E-state index contributed by atoms with van der Waals surface area (Å²) in [5, 5.41) is 1.19. The van der Waals surface area contributed by atoms with Gasteiger partial charge in [-0.15, -0.1) is 0 Å². The zero-order chi connectivity index (χ0) is 16.1. The van der Waals surface area contributed by atoms with Gasteiger partial charge in [0, 0.05) is 32.4 Å². The van der Waals surface area contributed by atoms with Crippen LogP contribution in [0.4, 0.5) is 0 Å². The first-order valence-electron chi connectivity index (χ1n) is 7.74. The highest BCUT2D eigenvalue weighted by Gasteiger charge is 2.34. The molecule has 22 heavy (non-hydrogen) atoms. The summed E-state index contributed by atoms with van der Waals surface area (Å²) < 4.78 is 4.69. The molecule has 3 rings (SSSR count). The second-order valence-electron chi connectivity index (χ2n) is 6.58. The number of pyridine rings is 1. The van der Waals surface area contributed by atoms with E-state index < -0.39 is 0 Å². The number of hydrogen-bond donors (Lipinski definition) is 0. The van der Waals surface area contributed by atoms with E-state index in [1.165, 1.54) is 28.2 Å². The van der Waals surface area contributed by atoms with Crippen LogP contribution in [0.15, 0.2) is 36.5 Å². The lowest BCUT2D eigenvalue weighted by atomic mass is 9.92. The Labute approximate surface area is 132 Å². The topological polar surface area (TPSA) is 21.7 Å². The molecular weight excluding hydrogens is 270 g/mol. The van der Waals surface area contributed by atoms with E-state index in [1.54, 1.807) is 0 Å². The van der Waals surface area contributed by atoms with Crippen molar-refractivity contribution in [1.82, 2.24) is 9.55 Å². The van der Waals surface area contributed by atoms with Crippen LogP contribution < -0.4 is 4.57 Å². The van der Waals surface area contributed by atoms with Crippen molar-refractivity contribution in [2.45, 2.75) is 40.2 Å².